The number of rotatable bonds is 3. The number of carbonyl (C=O) groups excluding carboxylic acids is 1. The van der Waals surface area contributed by atoms with E-state index in [1.807, 2.05) is 0 Å². The molecular formula is C11H12O5. The highest BCUT2D eigenvalue weighted by molar-refractivity contribution is 5.75. The van der Waals surface area contributed by atoms with Gasteiger partial charge in [-0.05, 0) is 30.5 Å². The summed E-state index contributed by atoms with van der Waals surface area (Å²) in [6.45, 7) is 0. The van der Waals surface area contributed by atoms with Gasteiger partial charge in [0.1, 0.15) is 6.10 Å². The van der Waals surface area contributed by atoms with Crippen LogP contribution in [0.2, 0.25) is 0 Å². The van der Waals surface area contributed by atoms with Crippen molar-refractivity contribution < 1.29 is 24.9 Å². The molecule has 0 aliphatic carbocycles. The number of aryl methyl sites for hydroxylation is 1. The summed E-state index contributed by atoms with van der Waals surface area (Å²) < 4.78 is 4.83. The molecule has 1 aromatic rings. The van der Waals surface area contributed by atoms with Gasteiger partial charge in [-0.3, -0.25) is 4.79 Å². The monoisotopic (exact) mass is 224 g/mol. The molecule has 86 valence electrons. The Balaban J connectivity index is 1.97. The fourth-order valence-electron chi connectivity index (χ4n) is 1.66. The Hall–Kier alpha value is -1.91. The van der Waals surface area contributed by atoms with E-state index < -0.39 is 5.75 Å². The van der Waals surface area contributed by atoms with Crippen LogP contribution in [-0.4, -0.2) is 27.4 Å². The minimum Gasteiger partial charge on any atom is -0.504 e. The van der Waals surface area contributed by atoms with E-state index in [0.717, 1.165) is 0 Å². The van der Waals surface area contributed by atoms with E-state index in [2.05, 4.69) is 0 Å². The van der Waals surface area contributed by atoms with Gasteiger partial charge in [-0.2, -0.15) is 0 Å². The standard InChI is InChI=1S/C11H12O5/c12-8-3-6(4-9(13)11(8)15)1-2-7-5-10(14)16-7/h3-4,7,12-13,15H,1-2,5H2/t7-/m1/s1. The molecule has 1 aliphatic rings. The van der Waals surface area contributed by atoms with Crippen molar-refractivity contribution in [2.75, 3.05) is 0 Å². The number of hydrogen-bond acceptors (Lipinski definition) is 5. The van der Waals surface area contributed by atoms with Crippen LogP contribution in [0.5, 0.6) is 17.2 Å². The van der Waals surface area contributed by atoms with Crippen LogP contribution >= 0.6 is 0 Å². The van der Waals surface area contributed by atoms with E-state index in [4.69, 9.17) is 9.84 Å². The summed E-state index contributed by atoms with van der Waals surface area (Å²) in [7, 11) is 0. The van der Waals surface area contributed by atoms with Crippen molar-refractivity contribution in [2.45, 2.75) is 25.4 Å². The van der Waals surface area contributed by atoms with Crippen molar-refractivity contribution in [2.24, 2.45) is 0 Å². The topological polar surface area (TPSA) is 87.0 Å². The fourth-order valence-corrected chi connectivity index (χ4v) is 1.66. The molecule has 1 heterocycles. The SMILES string of the molecule is O=C1C[C@@H](CCc2cc(O)c(O)c(O)c2)O1. The quantitative estimate of drug-likeness (QED) is 0.527. The van der Waals surface area contributed by atoms with E-state index in [1.54, 1.807) is 0 Å². The molecule has 0 aromatic heterocycles. The number of benzene rings is 1. The van der Waals surface area contributed by atoms with Gasteiger partial charge in [-0.15, -0.1) is 0 Å². The van der Waals surface area contributed by atoms with Crippen molar-refractivity contribution in [3.05, 3.63) is 17.7 Å². The van der Waals surface area contributed by atoms with E-state index in [1.165, 1.54) is 12.1 Å². The van der Waals surface area contributed by atoms with Crippen molar-refractivity contribution in [3.8, 4) is 17.2 Å². The average Bonchev–Trinajstić information content (AvgIpc) is 2.19. The first-order valence-corrected chi connectivity index (χ1v) is 4.99. The molecule has 1 atom stereocenters. The van der Waals surface area contributed by atoms with Crippen molar-refractivity contribution >= 4 is 5.97 Å². The average molecular weight is 224 g/mol. The maximum absolute atomic E-state index is 10.5. The molecule has 0 spiro atoms. The first kappa shape index (κ1) is 10.6. The molecule has 0 unspecified atom stereocenters. The zero-order chi connectivity index (χ0) is 11.7. The summed E-state index contributed by atoms with van der Waals surface area (Å²) in [5, 5.41) is 27.7. The van der Waals surface area contributed by atoms with Gasteiger partial charge >= 0.3 is 5.97 Å². The lowest BCUT2D eigenvalue weighted by atomic mass is 10.0. The third-order valence-corrected chi connectivity index (χ3v) is 2.58. The number of aromatic hydroxyl groups is 3. The zero-order valence-corrected chi connectivity index (χ0v) is 8.51. The molecule has 0 bridgehead atoms. The third-order valence-electron chi connectivity index (χ3n) is 2.58. The largest absolute Gasteiger partial charge is 0.504 e. The molecule has 1 aliphatic heterocycles. The van der Waals surface area contributed by atoms with Crippen LogP contribution in [0.15, 0.2) is 12.1 Å². The molecule has 16 heavy (non-hydrogen) atoms. The highest BCUT2D eigenvalue weighted by Crippen LogP contribution is 2.36. The summed E-state index contributed by atoms with van der Waals surface area (Å²) in [5.41, 5.74) is 0.691. The smallest absolute Gasteiger partial charge is 0.309 e. The van der Waals surface area contributed by atoms with Crippen LogP contribution in [0.4, 0.5) is 0 Å². The number of ether oxygens (including phenoxy) is 1. The molecule has 2 rings (SSSR count). The number of hydrogen-bond donors (Lipinski definition) is 3. The van der Waals surface area contributed by atoms with Crippen LogP contribution in [0.3, 0.4) is 0 Å². The summed E-state index contributed by atoms with van der Waals surface area (Å²) in [4.78, 5) is 10.5. The van der Waals surface area contributed by atoms with E-state index in [-0.39, 0.29) is 23.6 Å². The Morgan fingerprint density at radius 2 is 1.81 bits per heavy atom. The Morgan fingerprint density at radius 1 is 1.25 bits per heavy atom. The molecular weight excluding hydrogens is 212 g/mol. The minimum absolute atomic E-state index is 0.0643. The van der Waals surface area contributed by atoms with E-state index in [0.29, 0.717) is 24.8 Å². The second-order valence-electron chi connectivity index (χ2n) is 3.84. The summed E-state index contributed by atoms with van der Waals surface area (Å²) >= 11 is 0. The Kier molecular flexibility index (Phi) is 2.60. The van der Waals surface area contributed by atoms with Gasteiger partial charge in [0.25, 0.3) is 0 Å². The maximum atomic E-state index is 10.5. The third kappa shape index (κ3) is 2.03. The van der Waals surface area contributed by atoms with Gasteiger partial charge < -0.3 is 20.1 Å². The van der Waals surface area contributed by atoms with E-state index in [9.17, 15) is 15.0 Å². The lowest BCUT2D eigenvalue weighted by Gasteiger charge is -2.25. The Bertz CT molecular complexity index is 395. The molecule has 1 saturated heterocycles. The molecule has 3 N–H and O–H groups in total. The second kappa shape index (κ2) is 3.92. The molecule has 1 aromatic carbocycles. The molecule has 1 fully saturated rings. The predicted molar refractivity (Wildman–Crippen MR) is 54.3 cm³/mol. The summed E-state index contributed by atoms with van der Waals surface area (Å²) in [6, 6.07) is 2.77. The van der Waals surface area contributed by atoms with Crippen LogP contribution in [0.1, 0.15) is 18.4 Å². The highest BCUT2D eigenvalue weighted by atomic mass is 16.6. The summed E-state index contributed by atoms with van der Waals surface area (Å²) in [5.74, 6) is -1.40. The molecule has 0 amide bonds. The lowest BCUT2D eigenvalue weighted by molar-refractivity contribution is -0.169. The van der Waals surface area contributed by atoms with E-state index >= 15 is 0 Å². The zero-order valence-electron chi connectivity index (χ0n) is 8.51. The van der Waals surface area contributed by atoms with Gasteiger partial charge in [0.15, 0.2) is 17.2 Å². The molecule has 5 heteroatoms. The van der Waals surface area contributed by atoms with Crippen molar-refractivity contribution in [1.82, 2.24) is 0 Å². The van der Waals surface area contributed by atoms with Crippen LogP contribution in [0.25, 0.3) is 0 Å². The number of esters is 1. The van der Waals surface area contributed by atoms with Gasteiger partial charge in [0.2, 0.25) is 0 Å². The number of phenols is 3. The molecule has 0 radical (unpaired) electrons. The van der Waals surface area contributed by atoms with Gasteiger partial charge in [-0.25, -0.2) is 0 Å². The van der Waals surface area contributed by atoms with Gasteiger partial charge in [0.05, 0.1) is 6.42 Å². The predicted octanol–water partition coefficient (Wildman–Crippen LogP) is 1.05. The first-order chi connectivity index (χ1) is 7.56. The molecule has 5 nitrogen and oxygen atoms in total. The first-order valence-electron chi connectivity index (χ1n) is 4.99. The number of phenolic OH excluding ortho intramolecular Hbond substituents is 3. The second-order valence-corrected chi connectivity index (χ2v) is 3.84. The molecule has 0 saturated carbocycles. The van der Waals surface area contributed by atoms with Gasteiger partial charge in [-0.1, -0.05) is 0 Å². The highest BCUT2D eigenvalue weighted by Gasteiger charge is 2.27. The van der Waals surface area contributed by atoms with Crippen LogP contribution in [0, 0.1) is 0 Å². The van der Waals surface area contributed by atoms with Crippen molar-refractivity contribution in [3.63, 3.8) is 0 Å². The Labute approximate surface area is 91.9 Å². The maximum Gasteiger partial charge on any atom is 0.309 e. The Morgan fingerprint density at radius 3 is 2.31 bits per heavy atom. The normalized spacial score (nSPS) is 19.0. The summed E-state index contributed by atoms with van der Waals surface area (Å²) in [6.07, 6.45) is 1.58. The number of carbonyl (C=O) groups is 1. The lowest BCUT2D eigenvalue weighted by Crippen LogP contribution is -2.32. The van der Waals surface area contributed by atoms with Crippen LogP contribution < -0.4 is 0 Å². The van der Waals surface area contributed by atoms with Gasteiger partial charge in [0, 0.05) is 0 Å². The van der Waals surface area contributed by atoms with Crippen molar-refractivity contribution in [1.29, 1.82) is 0 Å². The fraction of sp³-hybridized carbons (Fsp3) is 0.364. The number of cyclic esters (lactones) is 1. The van der Waals surface area contributed by atoms with Crippen LogP contribution in [-0.2, 0) is 16.0 Å². The minimum atomic E-state index is -0.515.